The van der Waals surface area contributed by atoms with Gasteiger partial charge >= 0.3 is 0 Å². The fraction of sp³-hybridized carbons (Fsp3) is 0.316. The summed E-state index contributed by atoms with van der Waals surface area (Å²) in [5.41, 5.74) is 1.65. The predicted molar refractivity (Wildman–Crippen MR) is 103 cm³/mol. The highest BCUT2D eigenvalue weighted by molar-refractivity contribution is 5.41. The average molecular weight is 363 g/mol. The van der Waals surface area contributed by atoms with Crippen molar-refractivity contribution in [1.29, 1.82) is 0 Å². The molecule has 0 aliphatic carbocycles. The molecule has 1 saturated heterocycles. The van der Waals surface area contributed by atoms with Gasteiger partial charge in [-0.3, -0.25) is 9.78 Å². The minimum atomic E-state index is -0.129. The third-order valence-corrected chi connectivity index (χ3v) is 4.56. The van der Waals surface area contributed by atoms with E-state index in [-0.39, 0.29) is 5.56 Å². The molecule has 4 heterocycles. The molecule has 8 nitrogen and oxygen atoms in total. The summed E-state index contributed by atoms with van der Waals surface area (Å²) in [6.45, 7) is 5.55. The van der Waals surface area contributed by atoms with Gasteiger partial charge in [0.15, 0.2) is 0 Å². The molecule has 8 heteroatoms. The maximum Gasteiger partial charge on any atom is 0.267 e. The van der Waals surface area contributed by atoms with Gasteiger partial charge in [-0.25, -0.2) is 14.6 Å². The largest absolute Gasteiger partial charge is 0.352 e. The molecular weight excluding hydrogens is 342 g/mol. The number of piperazine rings is 1. The first-order valence-corrected chi connectivity index (χ1v) is 8.97. The zero-order chi connectivity index (χ0) is 18.6. The number of pyridine rings is 1. The van der Waals surface area contributed by atoms with E-state index in [0.717, 1.165) is 49.3 Å². The highest BCUT2D eigenvalue weighted by Gasteiger charge is 2.20. The maximum atomic E-state index is 12.2. The van der Waals surface area contributed by atoms with Gasteiger partial charge in [-0.15, -0.1) is 0 Å². The van der Waals surface area contributed by atoms with Gasteiger partial charge in [0, 0.05) is 50.3 Å². The van der Waals surface area contributed by atoms with Gasteiger partial charge in [0.25, 0.3) is 5.56 Å². The van der Waals surface area contributed by atoms with E-state index in [2.05, 4.69) is 29.9 Å². The van der Waals surface area contributed by atoms with Gasteiger partial charge in [-0.05, 0) is 31.2 Å². The van der Waals surface area contributed by atoms with Crippen LogP contribution in [-0.4, -0.2) is 50.9 Å². The second-order valence-corrected chi connectivity index (χ2v) is 6.48. The molecule has 27 heavy (non-hydrogen) atoms. The van der Waals surface area contributed by atoms with Crippen molar-refractivity contribution in [3.8, 4) is 0 Å². The number of aromatic nitrogens is 5. The Morgan fingerprint density at radius 2 is 1.74 bits per heavy atom. The second kappa shape index (κ2) is 7.53. The molecule has 138 valence electrons. The number of nitrogens with zero attached hydrogens (tertiary/aromatic N) is 7. The van der Waals surface area contributed by atoms with Crippen LogP contribution in [0.15, 0.2) is 53.6 Å². The first-order valence-electron chi connectivity index (χ1n) is 8.97. The monoisotopic (exact) mass is 363 g/mol. The molecule has 0 bridgehead atoms. The highest BCUT2D eigenvalue weighted by Crippen LogP contribution is 2.15. The van der Waals surface area contributed by atoms with E-state index in [0.29, 0.717) is 6.54 Å². The Balaban J connectivity index is 1.47. The minimum absolute atomic E-state index is 0.129. The molecule has 1 fully saturated rings. The molecular formula is C19H21N7O. The number of hydrogen-bond acceptors (Lipinski definition) is 7. The molecule has 1 aliphatic heterocycles. The van der Waals surface area contributed by atoms with Crippen molar-refractivity contribution in [2.45, 2.75) is 13.5 Å². The first-order chi connectivity index (χ1) is 13.2. The molecule has 0 spiro atoms. The van der Waals surface area contributed by atoms with E-state index >= 15 is 0 Å². The van der Waals surface area contributed by atoms with Crippen molar-refractivity contribution in [1.82, 2.24) is 24.7 Å². The van der Waals surface area contributed by atoms with E-state index in [4.69, 9.17) is 0 Å². The van der Waals surface area contributed by atoms with Crippen molar-refractivity contribution < 1.29 is 0 Å². The summed E-state index contributed by atoms with van der Waals surface area (Å²) in [5, 5.41) is 4.54. The summed E-state index contributed by atoms with van der Waals surface area (Å²) in [5.74, 6) is 1.57. The Kier molecular flexibility index (Phi) is 4.78. The van der Waals surface area contributed by atoms with Crippen molar-refractivity contribution in [3.63, 3.8) is 0 Å². The summed E-state index contributed by atoms with van der Waals surface area (Å²) in [7, 11) is 0. The third-order valence-electron chi connectivity index (χ3n) is 4.56. The van der Waals surface area contributed by atoms with Crippen molar-refractivity contribution >= 4 is 11.8 Å². The number of rotatable bonds is 4. The molecule has 0 radical (unpaired) electrons. The summed E-state index contributed by atoms with van der Waals surface area (Å²) >= 11 is 0. The molecule has 4 rings (SSSR count). The van der Waals surface area contributed by atoms with Crippen LogP contribution in [0.1, 0.15) is 11.4 Å². The number of hydrogen-bond donors (Lipinski definition) is 0. The second-order valence-electron chi connectivity index (χ2n) is 6.48. The first kappa shape index (κ1) is 17.1. The summed E-state index contributed by atoms with van der Waals surface area (Å²) in [6.07, 6.45) is 3.51. The molecule has 0 unspecified atom stereocenters. The number of aryl methyl sites for hydroxylation is 1. The van der Waals surface area contributed by atoms with E-state index in [1.807, 2.05) is 31.2 Å². The van der Waals surface area contributed by atoms with Crippen molar-refractivity contribution in [2.75, 3.05) is 36.0 Å². The SMILES string of the molecule is Cc1ccnc(N2CCN(c3ccc(=O)n(Cc4ccccn4)n3)CC2)n1. The molecule has 0 atom stereocenters. The Hall–Kier alpha value is -3.29. The van der Waals surface area contributed by atoms with Gasteiger partial charge < -0.3 is 9.80 Å². The van der Waals surface area contributed by atoms with Crippen molar-refractivity contribution in [2.24, 2.45) is 0 Å². The van der Waals surface area contributed by atoms with Gasteiger partial charge in [-0.1, -0.05) is 6.07 Å². The Morgan fingerprint density at radius 3 is 2.48 bits per heavy atom. The lowest BCUT2D eigenvalue weighted by Gasteiger charge is -2.35. The van der Waals surface area contributed by atoms with Crippen LogP contribution in [0.2, 0.25) is 0 Å². The van der Waals surface area contributed by atoms with E-state index < -0.39 is 0 Å². The molecule has 3 aromatic heterocycles. The van der Waals surface area contributed by atoms with Crippen LogP contribution in [0.25, 0.3) is 0 Å². The summed E-state index contributed by atoms with van der Waals surface area (Å²) < 4.78 is 1.47. The quantitative estimate of drug-likeness (QED) is 0.687. The normalized spacial score (nSPS) is 14.4. The molecule has 0 aromatic carbocycles. The Labute approximate surface area is 157 Å². The zero-order valence-corrected chi connectivity index (χ0v) is 15.2. The lowest BCUT2D eigenvalue weighted by Crippen LogP contribution is -2.47. The van der Waals surface area contributed by atoms with Gasteiger partial charge in [0.05, 0.1) is 12.2 Å². The van der Waals surface area contributed by atoms with Gasteiger partial charge in [0.1, 0.15) is 5.82 Å². The van der Waals surface area contributed by atoms with Crippen LogP contribution in [-0.2, 0) is 6.54 Å². The maximum absolute atomic E-state index is 12.2. The van der Waals surface area contributed by atoms with E-state index in [9.17, 15) is 4.79 Å². The predicted octanol–water partition coefficient (Wildman–Crippen LogP) is 1.11. The fourth-order valence-electron chi connectivity index (χ4n) is 3.09. The van der Waals surface area contributed by atoms with Crippen molar-refractivity contribution in [3.05, 3.63) is 70.5 Å². The topological polar surface area (TPSA) is 80.0 Å². The standard InChI is InChI=1S/C19H21N7O/c1-15-7-9-21-19(22-15)25-12-10-24(11-13-25)17-5-6-18(27)26(23-17)14-16-4-2-3-8-20-16/h2-9H,10-14H2,1H3. The lowest BCUT2D eigenvalue weighted by atomic mass is 10.3. The van der Waals surface area contributed by atoms with Crippen LogP contribution in [0.3, 0.4) is 0 Å². The summed E-state index contributed by atoms with van der Waals surface area (Å²) in [6, 6.07) is 10.9. The van der Waals surface area contributed by atoms with E-state index in [1.54, 1.807) is 24.5 Å². The van der Waals surface area contributed by atoms with Crippen LogP contribution in [0.5, 0.6) is 0 Å². The van der Waals surface area contributed by atoms with Gasteiger partial charge in [0.2, 0.25) is 5.95 Å². The van der Waals surface area contributed by atoms with Crippen LogP contribution < -0.4 is 15.4 Å². The molecule has 3 aromatic rings. The molecule has 0 saturated carbocycles. The molecule has 1 aliphatic rings. The zero-order valence-electron chi connectivity index (χ0n) is 15.2. The Morgan fingerprint density at radius 1 is 0.926 bits per heavy atom. The van der Waals surface area contributed by atoms with Gasteiger partial charge in [-0.2, -0.15) is 5.10 Å². The molecule has 0 N–H and O–H groups in total. The number of anilines is 2. The Bertz CT molecular complexity index is 965. The minimum Gasteiger partial charge on any atom is -0.352 e. The highest BCUT2D eigenvalue weighted by atomic mass is 16.1. The summed E-state index contributed by atoms with van der Waals surface area (Å²) in [4.78, 5) is 29.6. The lowest BCUT2D eigenvalue weighted by molar-refractivity contribution is 0.592. The third kappa shape index (κ3) is 3.94. The van der Waals surface area contributed by atoms with Crippen LogP contribution in [0, 0.1) is 6.92 Å². The van der Waals surface area contributed by atoms with E-state index in [1.165, 1.54) is 4.68 Å². The molecule has 0 amide bonds. The van der Waals surface area contributed by atoms with Crippen LogP contribution >= 0.6 is 0 Å². The smallest absolute Gasteiger partial charge is 0.267 e. The average Bonchev–Trinajstić information content (AvgIpc) is 2.71. The fourth-order valence-corrected chi connectivity index (χ4v) is 3.09. The van der Waals surface area contributed by atoms with Crippen LogP contribution in [0.4, 0.5) is 11.8 Å².